The number of piperidine rings is 2. The third-order valence-electron chi connectivity index (χ3n) is 13.3. The molecule has 17 heteroatoms. The molecule has 0 bridgehead atoms. The lowest BCUT2D eigenvalue weighted by Crippen LogP contribution is -2.44. The van der Waals surface area contributed by atoms with Crippen molar-refractivity contribution in [3.05, 3.63) is 70.3 Å². The van der Waals surface area contributed by atoms with Gasteiger partial charge in [0.25, 0.3) is 0 Å². The van der Waals surface area contributed by atoms with E-state index in [0.29, 0.717) is 42.4 Å². The largest absolute Gasteiger partial charge is 0.393 e. The van der Waals surface area contributed by atoms with Gasteiger partial charge in [-0.1, -0.05) is 12.1 Å². The molecule has 2 aliphatic carbocycles. The minimum absolute atomic E-state index is 0.0581. The van der Waals surface area contributed by atoms with Crippen LogP contribution in [0.2, 0.25) is 0 Å². The molecule has 2 aromatic carbocycles. The highest BCUT2D eigenvalue weighted by Crippen LogP contribution is 2.57. The number of aromatic nitrogens is 4. The minimum atomic E-state index is -3.74. The van der Waals surface area contributed by atoms with Crippen molar-refractivity contribution in [2.75, 3.05) is 43.4 Å². The van der Waals surface area contributed by atoms with Gasteiger partial charge in [-0.05, 0) is 126 Å². The SMILES string of the molecule is CN(CCCN1CCC(c2cccc3c2n(C)c(=O)n3C2CCC(=O)NC2=O)CC1)S(=O)(=O)c1ccc(Nc2ncc3c(n2)N([C@@H]2CCC[C@@H](O)C2)C(=O)C32CC2)cc1. The number of benzene rings is 2. The Morgan fingerprint density at radius 2 is 1.76 bits per heavy atom. The zero-order chi connectivity index (χ0) is 41.2. The molecule has 3 atom stereocenters. The van der Waals surface area contributed by atoms with Crippen LogP contribution >= 0.6 is 0 Å². The van der Waals surface area contributed by atoms with Gasteiger partial charge in [0.1, 0.15) is 11.9 Å². The molecule has 59 heavy (non-hydrogen) atoms. The first kappa shape index (κ1) is 39.5. The van der Waals surface area contributed by atoms with Crippen molar-refractivity contribution in [3.8, 4) is 0 Å². The molecule has 1 unspecified atom stereocenters. The number of aliphatic hydroxyl groups is 1. The van der Waals surface area contributed by atoms with Crippen molar-refractivity contribution >= 4 is 56.2 Å². The van der Waals surface area contributed by atoms with Crippen molar-refractivity contribution in [1.29, 1.82) is 0 Å². The summed E-state index contributed by atoms with van der Waals surface area (Å²) in [6, 6.07) is 11.5. The van der Waals surface area contributed by atoms with Crippen LogP contribution in [0.5, 0.6) is 0 Å². The Hall–Kier alpha value is -4.97. The zero-order valence-electron chi connectivity index (χ0n) is 33.5. The molecule has 5 aliphatic rings. The highest BCUT2D eigenvalue weighted by Gasteiger charge is 2.61. The number of carbonyl (C=O) groups is 3. The first-order valence-corrected chi connectivity index (χ1v) is 22.3. The number of para-hydroxylation sites is 1. The summed E-state index contributed by atoms with van der Waals surface area (Å²) in [6.07, 6.45) is 8.73. The summed E-state index contributed by atoms with van der Waals surface area (Å²) in [5.74, 6) is 0.441. The molecule has 2 saturated carbocycles. The summed E-state index contributed by atoms with van der Waals surface area (Å²) in [6.45, 7) is 2.77. The van der Waals surface area contributed by atoms with Crippen LogP contribution in [-0.2, 0) is 36.9 Å². The number of imidazole rings is 1. The Morgan fingerprint density at radius 3 is 2.47 bits per heavy atom. The number of aryl methyl sites for hydroxylation is 1. The number of rotatable bonds is 11. The Kier molecular flexibility index (Phi) is 10.2. The van der Waals surface area contributed by atoms with E-state index in [1.807, 2.05) is 12.1 Å². The van der Waals surface area contributed by atoms with Crippen LogP contribution in [0.25, 0.3) is 11.0 Å². The second-order valence-corrected chi connectivity index (χ2v) is 19.0. The van der Waals surface area contributed by atoms with Gasteiger partial charge in [0.05, 0.1) is 27.4 Å². The molecular formula is C42H51N9O7S. The van der Waals surface area contributed by atoms with Gasteiger partial charge in [0, 0.05) is 50.6 Å². The van der Waals surface area contributed by atoms with Crippen molar-refractivity contribution in [2.45, 2.75) is 105 Å². The molecule has 312 valence electrons. The predicted molar refractivity (Wildman–Crippen MR) is 220 cm³/mol. The van der Waals surface area contributed by atoms with Crippen molar-refractivity contribution in [2.24, 2.45) is 7.05 Å². The second-order valence-electron chi connectivity index (χ2n) is 17.0. The highest BCUT2D eigenvalue weighted by atomic mass is 32.2. The maximum absolute atomic E-state index is 13.6. The number of hydrogen-bond acceptors (Lipinski definition) is 11. The minimum Gasteiger partial charge on any atom is -0.393 e. The van der Waals surface area contributed by atoms with Crippen LogP contribution in [-0.4, -0.2) is 105 Å². The lowest BCUT2D eigenvalue weighted by molar-refractivity contribution is -0.135. The van der Waals surface area contributed by atoms with Gasteiger partial charge in [-0.3, -0.25) is 33.7 Å². The maximum Gasteiger partial charge on any atom is 0.329 e. The number of anilines is 3. The van der Waals surface area contributed by atoms with Gasteiger partial charge in [-0.2, -0.15) is 4.98 Å². The smallest absolute Gasteiger partial charge is 0.329 e. The van der Waals surface area contributed by atoms with E-state index < -0.39 is 33.5 Å². The second kappa shape index (κ2) is 15.2. The summed E-state index contributed by atoms with van der Waals surface area (Å²) >= 11 is 0. The summed E-state index contributed by atoms with van der Waals surface area (Å²) in [5.41, 5.74) is 3.25. The summed E-state index contributed by atoms with van der Waals surface area (Å²) in [5, 5.41) is 15.9. The predicted octanol–water partition coefficient (Wildman–Crippen LogP) is 3.42. The van der Waals surface area contributed by atoms with Crippen LogP contribution in [0.3, 0.4) is 0 Å². The van der Waals surface area contributed by atoms with Crippen molar-refractivity contribution < 1.29 is 27.9 Å². The molecule has 1 spiro atoms. The number of nitrogens with zero attached hydrogens (tertiary/aromatic N) is 7. The Balaban J connectivity index is 0.791. The maximum atomic E-state index is 13.6. The van der Waals surface area contributed by atoms with E-state index in [0.717, 1.165) is 81.2 Å². The van der Waals surface area contributed by atoms with Crippen molar-refractivity contribution in [1.82, 2.24) is 33.6 Å². The molecular weight excluding hydrogens is 775 g/mol. The van der Waals surface area contributed by atoms with Gasteiger partial charge < -0.3 is 15.3 Å². The Bertz CT molecular complexity index is 2490. The van der Waals surface area contributed by atoms with E-state index in [2.05, 4.69) is 26.6 Å². The number of nitrogens with one attached hydrogen (secondary N) is 2. The standard InChI is InChI=1S/C42H51N9O7S/c1-47(20-5-21-49-22-16-26(17-23-49)31-8-4-9-33-36(31)48(2)41(56)51(33)34-14-15-35(53)45-38(34)54)59(57,58)30-12-10-27(11-13-30)44-40-43-25-32-37(46-40)50(39(55)42(32)18-19-42)28-6-3-7-29(52)24-28/h4,8-13,25-26,28-29,34,52H,3,5-7,14-24H2,1-2H3,(H,43,44,46)(H,45,53,54)/t28-,29-,34?/m1/s1. The average molecular weight is 826 g/mol. The third-order valence-corrected chi connectivity index (χ3v) is 15.2. The summed E-state index contributed by atoms with van der Waals surface area (Å²) in [7, 11) is -0.408. The van der Waals surface area contributed by atoms with E-state index in [-0.39, 0.29) is 47.2 Å². The van der Waals surface area contributed by atoms with Gasteiger partial charge in [0.15, 0.2) is 0 Å². The number of likely N-dealkylation sites (tertiary alicyclic amines) is 1. The number of hydrogen-bond donors (Lipinski definition) is 3. The Labute approximate surface area is 342 Å². The fourth-order valence-electron chi connectivity index (χ4n) is 9.87. The van der Waals surface area contributed by atoms with E-state index in [4.69, 9.17) is 4.98 Å². The molecule has 16 nitrogen and oxygen atoms in total. The number of fused-ring (bicyclic) bond motifs is 3. The normalized spacial score (nSPS) is 23.6. The van der Waals surface area contributed by atoms with Gasteiger partial charge in [-0.15, -0.1) is 0 Å². The van der Waals surface area contributed by atoms with Gasteiger partial charge >= 0.3 is 5.69 Å². The van der Waals surface area contributed by atoms with E-state index in [1.165, 1.54) is 8.87 Å². The van der Waals surface area contributed by atoms with E-state index in [1.54, 1.807) is 54.0 Å². The lowest BCUT2D eigenvalue weighted by atomic mass is 9.88. The van der Waals surface area contributed by atoms with Crippen LogP contribution in [0.1, 0.15) is 93.7 Å². The molecule has 3 amide bonds. The van der Waals surface area contributed by atoms with Crippen LogP contribution in [0.15, 0.2) is 58.4 Å². The number of amides is 3. The van der Waals surface area contributed by atoms with Crippen LogP contribution in [0.4, 0.5) is 17.5 Å². The summed E-state index contributed by atoms with van der Waals surface area (Å²) in [4.78, 5) is 65.1. The monoisotopic (exact) mass is 825 g/mol. The van der Waals surface area contributed by atoms with E-state index in [9.17, 15) is 32.7 Å². The van der Waals surface area contributed by atoms with Crippen LogP contribution < -0.4 is 21.2 Å². The molecule has 4 aromatic rings. The first-order valence-electron chi connectivity index (χ1n) is 20.8. The number of sulfonamides is 1. The fraction of sp³-hybridized carbons (Fsp3) is 0.524. The third kappa shape index (κ3) is 7.04. The van der Waals surface area contributed by atoms with E-state index >= 15 is 0 Å². The molecule has 2 aromatic heterocycles. The molecule has 5 heterocycles. The van der Waals surface area contributed by atoms with Gasteiger partial charge in [-0.25, -0.2) is 22.5 Å². The van der Waals surface area contributed by atoms with Crippen LogP contribution in [0, 0.1) is 0 Å². The number of aliphatic hydroxyl groups excluding tert-OH is 1. The zero-order valence-corrected chi connectivity index (χ0v) is 34.3. The quantitative estimate of drug-likeness (QED) is 0.188. The molecule has 3 aliphatic heterocycles. The average Bonchev–Trinajstić information content (AvgIpc) is 3.94. The molecule has 4 fully saturated rings. The molecule has 9 rings (SSSR count). The molecule has 0 radical (unpaired) electrons. The summed E-state index contributed by atoms with van der Waals surface area (Å²) < 4.78 is 31.7. The topological polar surface area (TPSA) is 192 Å². The molecule has 2 saturated heterocycles. The first-order chi connectivity index (χ1) is 28.4. The number of imide groups is 1. The lowest BCUT2D eigenvalue weighted by Gasteiger charge is -2.33. The number of carbonyl (C=O) groups excluding carboxylic acids is 3. The Morgan fingerprint density at radius 1 is 1.00 bits per heavy atom. The van der Waals surface area contributed by atoms with Gasteiger partial charge in [0.2, 0.25) is 33.7 Å². The molecule has 3 N–H and O–H groups in total. The van der Waals surface area contributed by atoms with Crippen molar-refractivity contribution in [3.63, 3.8) is 0 Å². The highest BCUT2D eigenvalue weighted by molar-refractivity contribution is 7.89. The fourth-order valence-corrected chi connectivity index (χ4v) is 11.1.